The smallest absolute Gasteiger partial charge is 0.410 e. The first-order valence-corrected chi connectivity index (χ1v) is 7.52. The minimum Gasteiger partial charge on any atom is -0.410 e. The summed E-state index contributed by atoms with van der Waals surface area (Å²) >= 11 is 1.96. The van der Waals surface area contributed by atoms with Crippen LogP contribution in [0, 0.1) is 5.92 Å². The van der Waals surface area contributed by atoms with E-state index in [1.165, 1.54) is 4.90 Å². The van der Waals surface area contributed by atoms with Gasteiger partial charge in [0.15, 0.2) is 5.78 Å². The fourth-order valence-electron chi connectivity index (χ4n) is 2.06. The molecular weight excluding hydrogens is 369 g/mol. The van der Waals surface area contributed by atoms with Crippen LogP contribution in [0.2, 0.25) is 0 Å². The molecule has 1 unspecified atom stereocenters. The molecule has 1 amide bonds. The standard InChI is InChI=1S/C15H16INO3/c1-10(2)13-8-14(18)12(16)9-17(13)15(19)20-11-6-4-3-5-7-11/h3-7,9-10,13H,8H2,1-2H3. The number of para-hydroxylation sites is 1. The van der Waals surface area contributed by atoms with Crippen LogP contribution < -0.4 is 4.74 Å². The van der Waals surface area contributed by atoms with Crippen LogP contribution >= 0.6 is 22.6 Å². The fraction of sp³-hybridized carbons (Fsp3) is 0.333. The van der Waals surface area contributed by atoms with Gasteiger partial charge in [-0.2, -0.15) is 0 Å². The number of ketones is 1. The molecule has 0 saturated carbocycles. The van der Waals surface area contributed by atoms with E-state index in [0.717, 1.165) is 0 Å². The Balaban J connectivity index is 2.19. The number of hydrogen-bond acceptors (Lipinski definition) is 3. The second kappa shape index (κ2) is 6.39. The van der Waals surface area contributed by atoms with Crippen molar-refractivity contribution in [2.24, 2.45) is 5.92 Å². The van der Waals surface area contributed by atoms with E-state index in [1.807, 2.05) is 54.6 Å². The van der Waals surface area contributed by atoms with Gasteiger partial charge in [-0.25, -0.2) is 4.79 Å². The number of amides is 1. The summed E-state index contributed by atoms with van der Waals surface area (Å²) in [6, 6.07) is 8.77. The van der Waals surface area contributed by atoms with E-state index >= 15 is 0 Å². The summed E-state index contributed by atoms with van der Waals surface area (Å²) < 4.78 is 5.91. The van der Waals surface area contributed by atoms with E-state index in [4.69, 9.17) is 4.74 Å². The Morgan fingerprint density at radius 1 is 1.35 bits per heavy atom. The van der Waals surface area contributed by atoms with Gasteiger partial charge < -0.3 is 4.74 Å². The molecule has 1 aromatic rings. The number of carbonyl (C=O) groups excluding carboxylic acids is 2. The lowest BCUT2D eigenvalue weighted by Gasteiger charge is -2.33. The number of allylic oxidation sites excluding steroid dienone is 1. The third kappa shape index (κ3) is 3.39. The molecule has 0 bridgehead atoms. The second-order valence-corrected chi connectivity index (χ2v) is 6.17. The van der Waals surface area contributed by atoms with Gasteiger partial charge >= 0.3 is 6.09 Å². The van der Waals surface area contributed by atoms with Gasteiger partial charge in [-0.05, 0) is 40.6 Å². The minimum absolute atomic E-state index is 0.0769. The van der Waals surface area contributed by atoms with Crippen molar-refractivity contribution in [3.05, 3.63) is 40.1 Å². The summed E-state index contributed by atoms with van der Waals surface area (Å²) in [5.74, 6) is 0.761. The average molecular weight is 385 g/mol. The Kier molecular flexibility index (Phi) is 4.80. The number of ether oxygens (including phenoxy) is 1. The quantitative estimate of drug-likeness (QED) is 0.729. The van der Waals surface area contributed by atoms with E-state index < -0.39 is 6.09 Å². The third-order valence-electron chi connectivity index (χ3n) is 3.20. The second-order valence-electron chi connectivity index (χ2n) is 5.00. The molecule has 1 aromatic carbocycles. The number of benzene rings is 1. The Morgan fingerprint density at radius 2 is 2.00 bits per heavy atom. The monoisotopic (exact) mass is 385 g/mol. The molecule has 5 heteroatoms. The summed E-state index contributed by atoms with van der Waals surface area (Å²) in [6.07, 6.45) is 1.48. The van der Waals surface area contributed by atoms with Crippen LogP contribution in [0.1, 0.15) is 20.3 Å². The summed E-state index contributed by atoms with van der Waals surface area (Å²) in [7, 11) is 0. The van der Waals surface area contributed by atoms with E-state index in [0.29, 0.717) is 15.8 Å². The van der Waals surface area contributed by atoms with E-state index in [1.54, 1.807) is 18.3 Å². The molecule has 1 heterocycles. The Bertz CT molecular complexity index is 539. The summed E-state index contributed by atoms with van der Waals surface area (Å²) in [4.78, 5) is 25.6. The van der Waals surface area contributed by atoms with Gasteiger partial charge in [0.1, 0.15) is 5.75 Å². The Labute approximate surface area is 131 Å². The lowest BCUT2D eigenvalue weighted by atomic mass is 9.95. The molecule has 0 aliphatic carbocycles. The molecule has 106 valence electrons. The lowest BCUT2D eigenvalue weighted by molar-refractivity contribution is -0.116. The van der Waals surface area contributed by atoms with Crippen molar-refractivity contribution >= 4 is 34.5 Å². The Morgan fingerprint density at radius 3 is 2.60 bits per heavy atom. The van der Waals surface area contributed by atoms with Crippen molar-refractivity contribution in [2.75, 3.05) is 0 Å². The van der Waals surface area contributed by atoms with Gasteiger partial charge in [0.2, 0.25) is 0 Å². The van der Waals surface area contributed by atoms with E-state index in [9.17, 15) is 9.59 Å². The number of Topliss-reactive ketones (excluding diaryl/α,β-unsaturated/α-hetero) is 1. The Hall–Kier alpha value is -1.37. The number of nitrogens with zero attached hydrogens (tertiary/aromatic N) is 1. The highest BCUT2D eigenvalue weighted by molar-refractivity contribution is 14.1. The highest BCUT2D eigenvalue weighted by Crippen LogP contribution is 2.27. The maximum absolute atomic E-state index is 12.3. The first kappa shape index (κ1) is 15.0. The number of rotatable bonds is 2. The largest absolute Gasteiger partial charge is 0.419 e. The molecule has 1 aliphatic heterocycles. The predicted molar refractivity (Wildman–Crippen MR) is 84.7 cm³/mol. The zero-order valence-corrected chi connectivity index (χ0v) is 13.5. The number of hydrogen-bond donors (Lipinski definition) is 0. The maximum atomic E-state index is 12.3. The molecular formula is C15H16INO3. The fourth-order valence-corrected chi connectivity index (χ4v) is 2.58. The minimum atomic E-state index is -0.448. The van der Waals surface area contributed by atoms with Crippen molar-refractivity contribution in [3.8, 4) is 5.75 Å². The first-order chi connectivity index (χ1) is 9.49. The van der Waals surface area contributed by atoms with Crippen LogP contribution in [0.4, 0.5) is 4.79 Å². The maximum Gasteiger partial charge on any atom is 0.419 e. The molecule has 4 nitrogen and oxygen atoms in total. The molecule has 1 aliphatic rings. The van der Waals surface area contributed by atoms with Crippen molar-refractivity contribution in [2.45, 2.75) is 26.3 Å². The highest BCUT2D eigenvalue weighted by Gasteiger charge is 2.33. The molecule has 0 radical (unpaired) electrons. The molecule has 0 fully saturated rings. The average Bonchev–Trinajstić information content (AvgIpc) is 2.42. The molecule has 0 saturated heterocycles. The van der Waals surface area contributed by atoms with Crippen LogP contribution in [0.5, 0.6) is 5.75 Å². The van der Waals surface area contributed by atoms with Crippen molar-refractivity contribution in [1.29, 1.82) is 0 Å². The molecule has 0 N–H and O–H groups in total. The molecule has 0 aromatic heterocycles. The van der Waals surface area contributed by atoms with Gasteiger partial charge in [0.25, 0.3) is 0 Å². The van der Waals surface area contributed by atoms with E-state index in [-0.39, 0.29) is 17.7 Å². The molecule has 1 atom stereocenters. The SMILES string of the molecule is CC(C)C1CC(=O)C(I)=CN1C(=O)Oc1ccccc1. The summed E-state index contributed by atoms with van der Waals surface area (Å²) in [5.41, 5.74) is 0. The van der Waals surface area contributed by atoms with Crippen LogP contribution in [-0.4, -0.2) is 22.8 Å². The summed E-state index contributed by atoms with van der Waals surface area (Å²) in [5, 5.41) is 0. The van der Waals surface area contributed by atoms with Gasteiger partial charge in [0.05, 0.1) is 3.58 Å². The lowest BCUT2D eigenvalue weighted by Crippen LogP contribution is -2.45. The molecule has 2 rings (SSSR count). The van der Waals surface area contributed by atoms with Gasteiger partial charge in [-0.15, -0.1) is 0 Å². The normalized spacial score (nSPS) is 19.0. The predicted octanol–water partition coefficient (Wildman–Crippen LogP) is 3.76. The molecule has 20 heavy (non-hydrogen) atoms. The van der Waals surface area contributed by atoms with Crippen LogP contribution in [-0.2, 0) is 4.79 Å². The van der Waals surface area contributed by atoms with Crippen molar-refractivity contribution in [1.82, 2.24) is 4.90 Å². The third-order valence-corrected chi connectivity index (χ3v) is 4.08. The number of carbonyl (C=O) groups is 2. The van der Waals surface area contributed by atoms with E-state index in [2.05, 4.69) is 0 Å². The van der Waals surface area contributed by atoms with Gasteiger partial charge in [-0.1, -0.05) is 32.0 Å². The zero-order chi connectivity index (χ0) is 14.7. The van der Waals surface area contributed by atoms with Gasteiger partial charge in [0, 0.05) is 18.7 Å². The van der Waals surface area contributed by atoms with Crippen LogP contribution in [0.15, 0.2) is 40.1 Å². The van der Waals surface area contributed by atoms with Crippen LogP contribution in [0.3, 0.4) is 0 Å². The van der Waals surface area contributed by atoms with Crippen molar-refractivity contribution < 1.29 is 14.3 Å². The number of halogens is 1. The first-order valence-electron chi connectivity index (χ1n) is 6.44. The zero-order valence-electron chi connectivity index (χ0n) is 11.4. The topological polar surface area (TPSA) is 46.6 Å². The molecule has 0 spiro atoms. The van der Waals surface area contributed by atoms with Crippen molar-refractivity contribution in [3.63, 3.8) is 0 Å². The van der Waals surface area contributed by atoms with Gasteiger partial charge in [-0.3, -0.25) is 9.69 Å². The highest BCUT2D eigenvalue weighted by atomic mass is 127. The van der Waals surface area contributed by atoms with Crippen LogP contribution in [0.25, 0.3) is 0 Å². The summed E-state index contributed by atoms with van der Waals surface area (Å²) in [6.45, 7) is 3.99.